The molecular formula is C10H6FNO. The van der Waals surface area contributed by atoms with Crippen LogP contribution in [0, 0.1) is 5.82 Å². The molecule has 0 saturated heterocycles. The van der Waals surface area contributed by atoms with Gasteiger partial charge in [0.15, 0.2) is 6.29 Å². The predicted octanol–water partition coefficient (Wildman–Crippen LogP) is 2.19. The van der Waals surface area contributed by atoms with E-state index in [1.54, 1.807) is 24.3 Å². The summed E-state index contributed by atoms with van der Waals surface area (Å²) in [4.78, 5) is 14.3. The topological polar surface area (TPSA) is 30.0 Å². The van der Waals surface area contributed by atoms with Gasteiger partial charge < -0.3 is 0 Å². The lowest BCUT2D eigenvalue weighted by atomic mass is 10.2. The van der Waals surface area contributed by atoms with Gasteiger partial charge in [0.2, 0.25) is 0 Å². The van der Waals surface area contributed by atoms with E-state index < -0.39 is 5.82 Å². The zero-order chi connectivity index (χ0) is 9.26. The fourth-order valence-electron chi connectivity index (χ4n) is 1.21. The molecule has 2 nitrogen and oxygen atoms in total. The molecule has 1 heterocycles. The van der Waals surface area contributed by atoms with Crippen LogP contribution in [0.3, 0.4) is 0 Å². The first-order chi connectivity index (χ1) is 6.31. The molecule has 2 rings (SSSR count). The summed E-state index contributed by atoms with van der Waals surface area (Å²) in [5, 5.41) is 0.438. The van der Waals surface area contributed by atoms with Crippen molar-refractivity contribution in [3.8, 4) is 0 Å². The van der Waals surface area contributed by atoms with Crippen molar-refractivity contribution in [1.29, 1.82) is 0 Å². The Morgan fingerprint density at radius 3 is 2.85 bits per heavy atom. The minimum absolute atomic E-state index is 0.121. The van der Waals surface area contributed by atoms with Crippen LogP contribution in [0.1, 0.15) is 10.5 Å². The summed E-state index contributed by atoms with van der Waals surface area (Å²) in [6.07, 6.45) is 0.537. The second kappa shape index (κ2) is 2.94. The van der Waals surface area contributed by atoms with Gasteiger partial charge in [-0.3, -0.25) is 4.79 Å². The van der Waals surface area contributed by atoms with E-state index in [-0.39, 0.29) is 5.69 Å². The van der Waals surface area contributed by atoms with Crippen LogP contribution in [0.25, 0.3) is 10.9 Å². The van der Waals surface area contributed by atoms with Crippen molar-refractivity contribution < 1.29 is 9.18 Å². The third-order valence-electron chi connectivity index (χ3n) is 1.81. The molecule has 0 unspecified atom stereocenters. The molecule has 0 bridgehead atoms. The summed E-state index contributed by atoms with van der Waals surface area (Å²) in [7, 11) is 0. The van der Waals surface area contributed by atoms with Gasteiger partial charge in [0.25, 0.3) is 0 Å². The maximum Gasteiger partial charge on any atom is 0.168 e. The van der Waals surface area contributed by atoms with Gasteiger partial charge in [-0.2, -0.15) is 0 Å². The molecule has 0 spiro atoms. The predicted molar refractivity (Wildman–Crippen MR) is 47.1 cm³/mol. The first-order valence-electron chi connectivity index (χ1n) is 3.82. The van der Waals surface area contributed by atoms with Crippen LogP contribution in [-0.4, -0.2) is 11.3 Å². The number of aldehydes is 1. The Kier molecular flexibility index (Phi) is 1.77. The fraction of sp³-hybridized carbons (Fsp3) is 0. The molecule has 0 radical (unpaired) electrons. The van der Waals surface area contributed by atoms with E-state index in [1.165, 1.54) is 0 Å². The molecule has 2 aromatic rings. The van der Waals surface area contributed by atoms with Crippen LogP contribution in [0.5, 0.6) is 0 Å². The van der Waals surface area contributed by atoms with Crippen molar-refractivity contribution in [3.63, 3.8) is 0 Å². The van der Waals surface area contributed by atoms with E-state index in [0.29, 0.717) is 17.2 Å². The third kappa shape index (κ3) is 1.28. The number of aromatic nitrogens is 1. The average Bonchev–Trinajstić information content (AvgIpc) is 2.18. The zero-order valence-corrected chi connectivity index (χ0v) is 6.70. The lowest BCUT2D eigenvalue weighted by Gasteiger charge is -1.98. The number of fused-ring (bicyclic) bond motifs is 1. The highest BCUT2D eigenvalue weighted by atomic mass is 19.1. The number of rotatable bonds is 1. The SMILES string of the molecule is O=Cc1cc(F)c2ccccc2n1. The molecule has 1 aromatic carbocycles. The van der Waals surface area contributed by atoms with E-state index in [2.05, 4.69) is 4.98 Å². The number of para-hydroxylation sites is 1. The zero-order valence-electron chi connectivity index (χ0n) is 6.70. The summed E-state index contributed by atoms with van der Waals surface area (Å²) in [6.45, 7) is 0. The molecule has 13 heavy (non-hydrogen) atoms. The van der Waals surface area contributed by atoms with Gasteiger partial charge >= 0.3 is 0 Å². The third-order valence-corrected chi connectivity index (χ3v) is 1.81. The lowest BCUT2D eigenvalue weighted by molar-refractivity contribution is 0.111. The maximum atomic E-state index is 13.2. The number of carbonyl (C=O) groups excluding carboxylic acids is 1. The normalized spacial score (nSPS) is 10.2. The quantitative estimate of drug-likeness (QED) is 0.622. The maximum absolute atomic E-state index is 13.2. The number of benzene rings is 1. The molecule has 0 fully saturated rings. The monoisotopic (exact) mass is 175 g/mol. The van der Waals surface area contributed by atoms with Gasteiger partial charge in [-0.15, -0.1) is 0 Å². The van der Waals surface area contributed by atoms with Crippen LogP contribution in [0.2, 0.25) is 0 Å². The second-order valence-corrected chi connectivity index (χ2v) is 2.66. The van der Waals surface area contributed by atoms with Crippen LogP contribution >= 0.6 is 0 Å². The molecule has 0 N–H and O–H groups in total. The van der Waals surface area contributed by atoms with E-state index in [9.17, 15) is 9.18 Å². The van der Waals surface area contributed by atoms with Gasteiger partial charge in [-0.25, -0.2) is 9.37 Å². The van der Waals surface area contributed by atoms with E-state index in [4.69, 9.17) is 0 Å². The molecule has 0 aliphatic rings. The van der Waals surface area contributed by atoms with Gasteiger partial charge in [0.1, 0.15) is 11.5 Å². The van der Waals surface area contributed by atoms with Crippen LogP contribution < -0.4 is 0 Å². The smallest absolute Gasteiger partial charge is 0.168 e. The minimum Gasteiger partial charge on any atom is -0.296 e. The lowest BCUT2D eigenvalue weighted by Crippen LogP contribution is -1.90. The standard InChI is InChI=1S/C10H6FNO/c11-9-5-7(6-13)12-10-4-2-1-3-8(9)10/h1-6H. The minimum atomic E-state index is -0.410. The number of carbonyl (C=O) groups is 1. The highest BCUT2D eigenvalue weighted by molar-refractivity contribution is 5.83. The molecule has 64 valence electrons. The van der Waals surface area contributed by atoms with Crippen LogP contribution in [-0.2, 0) is 0 Å². The van der Waals surface area contributed by atoms with Gasteiger partial charge in [0.05, 0.1) is 5.52 Å². The molecule has 0 aliphatic heterocycles. The molecule has 0 amide bonds. The summed E-state index contributed by atoms with van der Waals surface area (Å²) < 4.78 is 13.2. The van der Waals surface area contributed by atoms with E-state index in [0.717, 1.165) is 6.07 Å². The van der Waals surface area contributed by atoms with Crippen molar-refractivity contribution in [1.82, 2.24) is 4.98 Å². The Morgan fingerprint density at radius 1 is 1.31 bits per heavy atom. The summed E-state index contributed by atoms with van der Waals surface area (Å²) in [5.74, 6) is -0.410. The summed E-state index contributed by atoms with van der Waals surface area (Å²) in [5.41, 5.74) is 0.626. The van der Waals surface area contributed by atoms with Crippen LogP contribution in [0.4, 0.5) is 4.39 Å². The van der Waals surface area contributed by atoms with E-state index in [1.807, 2.05) is 0 Å². The Morgan fingerprint density at radius 2 is 2.08 bits per heavy atom. The Labute approximate surface area is 74.0 Å². The van der Waals surface area contributed by atoms with Gasteiger partial charge in [-0.1, -0.05) is 12.1 Å². The average molecular weight is 175 g/mol. The van der Waals surface area contributed by atoms with Crippen LogP contribution in [0.15, 0.2) is 30.3 Å². The second-order valence-electron chi connectivity index (χ2n) is 2.66. The molecule has 1 aromatic heterocycles. The largest absolute Gasteiger partial charge is 0.296 e. The number of hydrogen-bond acceptors (Lipinski definition) is 2. The highest BCUT2D eigenvalue weighted by Gasteiger charge is 2.02. The van der Waals surface area contributed by atoms with E-state index >= 15 is 0 Å². The summed E-state index contributed by atoms with van der Waals surface area (Å²) in [6, 6.07) is 7.92. The molecular weight excluding hydrogens is 169 g/mol. The van der Waals surface area contributed by atoms with Crippen molar-refractivity contribution in [3.05, 3.63) is 41.8 Å². The number of nitrogens with zero attached hydrogens (tertiary/aromatic N) is 1. The Bertz CT molecular complexity index is 467. The van der Waals surface area contributed by atoms with Gasteiger partial charge in [0, 0.05) is 11.5 Å². The first kappa shape index (κ1) is 7.86. The molecule has 0 aliphatic carbocycles. The highest BCUT2D eigenvalue weighted by Crippen LogP contribution is 2.15. The number of pyridine rings is 1. The molecule has 0 atom stereocenters. The summed E-state index contributed by atoms with van der Waals surface area (Å²) >= 11 is 0. The van der Waals surface area contributed by atoms with Crippen molar-refractivity contribution in [2.24, 2.45) is 0 Å². The number of hydrogen-bond donors (Lipinski definition) is 0. The van der Waals surface area contributed by atoms with Crippen molar-refractivity contribution in [2.75, 3.05) is 0 Å². The molecule has 0 saturated carbocycles. The molecule has 3 heteroatoms. The van der Waals surface area contributed by atoms with Crippen molar-refractivity contribution >= 4 is 17.2 Å². The fourth-order valence-corrected chi connectivity index (χ4v) is 1.21. The van der Waals surface area contributed by atoms with Gasteiger partial charge in [-0.05, 0) is 12.1 Å². The first-order valence-corrected chi connectivity index (χ1v) is 3.82. The number of halogens is 1. The van der Waals surface area contributed by atoms with Crippen molar-refractivity contribution in [2.45, 2.75) is 0 Å². The Hall–Kier alpha value is -1.77. The Balaban J connectivity index is 2.84.